The molecule has 0 amide bonds. The topological polar surface area (TPSA) is 53.1 Å². The van der Waals surface area contributed by atoms with Crippen LogP contribution in [0.1, 0.15) is 25.7 Å². The Morgan fingerprint density at radius 3 is 2.61 bits per heavy atom. The molecule has 0 unspecified atom stereocenters. The summed E-state index contributed by atoms with van der Waals surface area (Å²) >= 11 is 0. The van der Waals surface area contributed by atoms with E-state index in [1.165, 1.54) is 7.05 Å². The number of rotatable bonds is 5. The van der Waals surface area contributed by atoms with Gasteiger partial charge in [0.1, 0.15) is 0 Å². The van der Waals surface area contributed by atoms with Gasteiger partial charge in [0.25, 0.3) is 10.0 Å². The maximum atomic E-state index is 12.7. The van der Waals surface area contributed by atoms with Crippen LogP contribution in [-0.2, 0) is 14.9 Å². The molecule has 1 aliphatic carbocycles. The summed E-state index contributed by atoms with van der Waals surface area (Å²) in [6.07, 6.45) is 4.10. The molecule has 7 heteroatoms. The lowest BCUT2D eigenvalue weighted by Crippen LogP contribution is -2.31. The van der Waals surface area contributed by atoms with E-state index in [0.29, 0.717) is 0 Å². The maximum Gasteiger partial charge on any atom is 0.264 e. The molecule has 0 N–H and O–H groups in total. The Balaban J connectivity index is 1.76. The van der Waals surface area contributed by atoms with Gasteiger partial charge < -0.3 is 4.90 Å². The maximum absolute atomic E-state index is 12.7. The summed E-state index contributed by atoms with van der Waals surface area (Å²) in [4.78, 5) is 10.3. The van der Waals surface area contributed by atoms with Gasteiger partial charge >= 0.3 is 0 Å². The van der Waals surface area contributed by atoms with E-state index in [-0.39, 0.29) is 11.0 Å². The van der Waals surface area contributed by atoms with Gasteiger partial charge in [0.05, 0.1) is 17.7 Å². The Kier molecular flexibility index (Phi) is 4.91. The number of hydrogen-bond donors (Lipinski definition) is 0. The highest BCUT2D eigenvalue weighted by atomic mass is 32.2. The first-order valence-corrected chi connectivity index (χ1v) is 9.60. The van der Waals surface area contributed by atoms with Crippen molar-refractivity contribution in [2.24, 2.45) is 0 Å². The zero-order chi connectivity index (χ0) is 16.4. The second kappa shape index (κ2) is 6.76. The van der Waals surface area contributed by atoms with Crippen LogP contribution < -0.4 is 4.90 Å². The van der Waals surface area contributed by atoms with E-state index in [1.807, 2.05) is 6.07 Å². The molecular weight excluding hydrogens is 314 g/mol. The molecule has 0 atom stereocenters. The normalized spacial score (nSPS) is 20.7. The molecule has 1 heterocycles. The molecule has 6 nitrogen and oxygen atoms in total. The molecule has 0 radical (unpaired) electrons. The third-order valence-electron chi connectivity index (χ3n) is 4.58. The second-order valence-corrected chi connectivity index (χ2v) is 8.34. The quantitative estimate of drug-likeness (QED) is 0.767. The molecule has 1 aromatic carbocycles. The van der Waals surface area contributed by atoms with Gasteiger partial charge in [-0.1, -0.05) is 23.4 Å². The molecule has 1 saturated carbocycles. The van der Waals surface area contributed by atoms with Crippen molar-refractivity contribution >= 4 is 15.7 Å². The molecule has 0 aromatic heterocycles. The van der Waals surface area contributed by atoms with Crippen LogP contribution in [0.3, 0.4) is 0 Å². The zero-order valence-electron chi connectivity index (χ0n) is 13.8. The fourth-order valence-corrected chi connectivity index (χ4v) is 4.24. The van der Waals surface area contributed by atoms with Crippen molar-refractivity contribution < 1.29 is 13.3 Å². The Bertz CT molecular complexity index is 644. The SMILES string of the molecule is CN1CCN(c2cccc(S(=O)(=O)N(C)OC3CCCC3)c2)C1. The first-order valence-electron chi connectivity index (χ1n) is 8.16. The molecule has 3 rings (SSSR count). The Morgan fingerprint density at radius 1 is 1.22 bits per heavy atom. The lowest BCUT2D eigenvalue weighted by Gasteiger charge is -2.22. The summed E-state index contributed by atoms with van der Waals surface area (Å²) in [5.74, 6) is 0. The fourth-order valence-electron chi connectivity index (χ4n) is 3.18. The molecule has 2 fully saturated rings. The Labute approximate surface area is 138 Å². The highest BCUT2D eigenvalue weighted by Gasteiger charge is 2.27. The lowest BCUT2D eigenvalue weighted by molar-refractivity contribution is -0.113. The number of hydrogen-bond acceptors (Lipinski definition) is 5. The van der Waals surface area contributed by atoms with Crippen LogP contribution >= 0.6 is 0 Å². The molecular formula is C16H25N3O3S. The fraction of sp³-hybridized carbons (Fsp3) is 0.625. The van der Waals surface area contributed by atoms with Crippen molar-refractivity contribution in [3.8, 4) is 0 Å². The van der Waals surface area contributed by atoms with Crippen molar-refractivity contribution in [1.82, 2.24) is 9.37 Å². The predicted octanol–water partition coefficient (Wildman–Crippen LogP) is 1.89. The minimum Gasteiger partial charge on any atom is -0.357 e. The van der Waals surface area contributed by atoms with Gasteiger partial charge in [-0.25, -0.2) is 8.42 Å². The smallest absolute Gasteiger partial charge is 0.264 e. The molecule has 1 saturated heterocycles. The summed E-state index contributed by atoms with van der Waals surface area (Å²) in [7, 11) is -0.0718. The minimum atomic E-state index is -3.62. The van der Waals surface area contributed by atoms with E-state index in [1.54, 1.807) is 18.2 Å². The second-order valence-electron chi connectivity index (χ2n) is 6.41. The highest BCUT2D eigenvalue weighted by molar-refractivity contribution is 7.89. The molecule has 128 valence electrons. The lowest BCUT2D eigenvalue weighted by atomic mass is 10.3. The largest absolute Gasteiger partial charge is 0.357 e. The van der Waals surface area contributed by atoms with E-state index in [2.05, 4.69) is 16.8 Å². The molecule has 23 heavy (non-hydrogen) atoms. The van der Waals surface area contributed by atoms with Crippen molar-refractivity contribution in [3.05, 3.63) is 24.3 Å². The summed E-state index contributed by atoms with van der Waals surface area (Å²) in [5.41, 5.74) is 0.935. The van der Waals surface area contributed by atoms with Crippen LogP contribution in [-0.4, -0.2) is 57.7 Å². The van der Waals surface area contributed by atoms with Gasteiger partial charge in [-0.15, -0.1) is 0 Å². The van der Waals surface area contributed by atoms with Crippen molar-refractivity contribution in [2.75, 3.05) is 38.8 Å². The van der Waals surface area contributed by atoms with Crippen molar-refractivity contribution in [3.63, 3.8) is 0 Å². The van der Waals surface area contributed by atoms with E-state index in [4.69, 9.17) is 4.84 Å². The summed E-state index contributed by atoms with van der Waals surface area (Å²) in [5, 5.41) is 0. The minimum absolute atomic E-state index is 0.0187. The van der Waals surface area contributed by atoms with E-state index in [0.717, 1.165) is 55.6 Å². The van der Waals surface area contributed by atoms with Crippen LogP contribution in [0.15, 0.2) is 29.2 Å². The Hall–Kier alpha value is -1.15. The van der Waals surface area contributed by atoms with Gasteiger partial charge in [0.2, 0.25) is 0 Å². The first-order chi connectivity index (χ1) is 11.0. The van der Waals surface area contributed by atoms with Gasteiger partial charge in [-0.3, -0.25) is 9.74 Å². The molecule has 1 aliphatic heterocycles. The zero-order valence-corrected chi connectivity index (χ0v) is 14.6. The molecule has 0 bridgehead atoms. The highest BCUT2D eigenvalue weighted by Crippen LogP contribution is 2.26. The van der Waals surface area contributed by atoms with Crippen molar-refractivity contribution in [2.45, 2.75) is 36.7 Å². The molecule has 1 aromatic rings. The number of sulfonamides is 1. The van der Waals surface area contributed by atoms with Crippen molar-refractivity contribution in [1.29, 1.82) is 0 Å². The van der Waals surface area contributed by atoms with Gasteiger partial charge in [-0.05, 0) is 38.1 Å². The number of benzene rings is 1. The average Bonchev–Trinajstić information content (AvgIpc) is 3.19. The number of likely N-dealkylation sites (N-methyl/N-ethyl adjacent to an activating group) is 1. The third-order valence-corrected chi connectivity index (χ3v) is 6.20. The summed E-state index contributed by atoms with van der Waals surface area (Å²) in [6.45, 7) is 2.72. The molecule has 2 aliphatic rings. The van der Waals surface area contributed by atoms with Crippen LogP contribution in [0.2, 0.25) is 0 Å². The standard InChI is InChI=1S/C16H25N3O3S/c1-17-10-11-19(13-17)14-6-5-9-16(12-14)23(20,21)18(2)22-15-7-3-4-8-15/h5-6,9,12,15H,3-4,7-8,10-11,13H2,1-2H3. The summed E-state index contributed by atoms with van der Waals surface area (Å²) in [6, 6.07) is 7.12. The van der Waals surface area contributed by atoms with E-state index in [9.17, 15) is 8.42 Å². The van der Waals surface area contributed by atoms with Crippen LogP contribution in [0, 0.1) is 0 Å². The number of nitrogens with zero attached hydrogens (tertiary/aromatic N) is 3. The van der Waals surface area contributed by atoms with Crippen LogP contribution in [0.5, 0.6) is 0 Å². The van der Waals surface area contributed by atoms with Gasteiger partial charge in [-0.2, -0.15) is 0 Å². The van der Waals surface area contributed by atoms with Gasteiger partial charge in [0, 0.05) is 25.8 Å². The third kappa shape index (κ3) is 3.68. The number of anilines is 1. The monoisotopic (exact) mass is 339 g/mol. The van der Waals surface area contributed by atoms with Crippen LogP contribution in [0.25, 0.3) is 0 Å². The Morgan fingerprint density at radius 2 is 1.96 bits per heavy atom. The summed E-state index contributed by atoms with van der Waals surface area (Å²) < 4.78 is 26.5. The van der Waals surface area contributed by atoms with Crippen LogP contribution in [0.4, 0.5) is 5.69 Å². The van der Waals surface area contributed by atoms with E-state index >= 15 is 0 Å². The first kappa shape index (κ1) is 16.7. The van der Waals surface area contributed by atoms with E-state index < -0.39 is 10.0 Å². The van der Waals surface area contributed by atoms with Gasteiger partial charge in [0.15, 0.2) is 0 Å². The molecule has 0 spiro atoms. The predicted molar refractivity (Wildman–Crippen MR) is 89.6 cm³/mol. The average molecular weight is 339 g/mol. The number of hydroxylamine groups is 1.